The molecule has 0 rings (SSSR count). The van der Waals surface area contributed by atoms with E-state index in [9.17, 15) is 0 Å². The van der Waals surface area contributed by atoms with Crippen molar-refractivity contribution >= 4 is 0 Å². The minimum absolute atomic E-state index is 0.265. The molecule has 0 saturated heterocycles. The molecule has 0 amide bonds. The summed E-state index contributed by atoms with van der Waals surface area (Å²) >= 11 is 0. The highest BCUT2D eigenvalue weighted by molar-refractivity contribution is 5.13. The van der Waals surface area contributed by atoms with Crippen LogP contribution in [0.25, 0.3) is 0 Å². The minimum Gasteiger partial charge on any atom is -0.396 e. The molecule has 0 heterocycles. The molecule has 0 aliphatic rings. The van der Waals surface area contributed by atoms with E-state index in [4.69, 9.17) is 5.11 Å². The Labute approximate surface area is 69.4 Å². The number of rotatable bonds is 6. The molecule has 0 atom stereocenters. The summed E-state index contributed by atoms with van der Waals surface area (Å²) in [6, 6.07) is 0. The topological polar surface area (TPSA) is 20.2 Å². The molecule has 1 nitrogen and oxygen atoms in total. The van der Waals surface area contributed by atoms with E-state index >= 15 is 0 Å². The molecule has 64 valence electrons. The molecular weight excluding hydrogens is 136 g/mol. The molecule has 0 aromatic heterocycles. The summed E-state index contributed by atoms with van der Waals surface area (Å²) in [5, 5.41) is 8.52. The van der Waals surface area contributed by atoms with Gasteiger partial charge in [0.15, 0.2) is 0 Å². The number of unbranched alkanes of at least 4 members (excludes halogenated alkanes) is 1. The maximum absolute atomic E-state index is 8.52. The van der Waals surface area contributed by atoms with Crippen LogP contribution in [0.4, 0.5) is 0 Å². The van der Waals surface area contributed by atoms with E-state index in [1.54, 1.807) is 0 Å². The lowest BCUT2D eigenvalue weighted by Gasteiger charge is -1.95. The Bertz CT molecular complexity index is 125. The molecular formula is C10H18O. The van der Waals surface area contributed by atoms with Crippen LogP contribution in [-0.2, 0) is 0 Å². The maximum Gasteiger partial charge on any atom is 0.0434 e. The van der Waals surface area contributed by atoms with E-state index in [0.29, 0.717) is 0 Å². The Hall–Kier alpha value is -0.560. The number of aliphatic hydroxyl groups is 1. The average molecular weight is 154 g/mol. The third kappa shape index (κ3) is 7.34. The van der Waals surface area contributed by atoms with E-state index in [0.717, 1.165) is 24.8 Å². The molecule has 1 heteroatoms. The van der Waals surface area contributed by atoms with Gasteiger partial charge < -0.3 is 5.11 Å². The van der Waals surface area contributed by atoms with Crippen LogP contribution < -0.4 is 0 Å². The van der Waals surface area contributed by atoms with Crippen LogP contribution in [0.5, 0.6) is 0 Å². The summed E-state index contributed by atoms with van der Waals surface area (Å²) in [6.45, 7) is 6.28. The van der Waals surface area contributed by atoms with Crippen LogP contribution in [-0.4, -0.2) is 11.7 Å². The van der Waals surface area contributed by atoms with Gasteiger partial charge in [0.2, 0.25) is 0 Å². The Morgan fingerprint density at radius 2 is 2.27 bits per heavy atom. The van der Waals surface area contributed by atoms with Crippen LogP contribution in [0.3, 0.4) is 0 Å². The molecule has 0 fully saturated rings. The molecule has 11 heavy (non-hydrogen) atoms. The first-order valence-corrected chi connectivity index (χ1v) is 4.26. The molecule has 0 unspecified atom stereocenters. The number of allylic oxidation sites excluding steroid dienone is 3. The van der Waals surface area contributed by atoms with Gasteiger partial charge in [-0.05, 0) is 19.3 Å². The van der Waals surface area contributed by atoms with Crippen LogP contribution in [0.2, 0.25) is 0 Å². The third-order valence-corrected chi connectivity index (χ3v) is 1.46. The fourth-order valence-electron chi connectivity index (χ4n) is 0.806. The first kappa shape index (κ1) is 10.4. The van der Waals surface area contributed by atoms with E-state index in [1.807, 2.05) is 0 Å². The first-order chi connectivity index (χ1) is 5.31. The van der Waals surface area contributed by atoms with Gasteiger partial charge in [0, 0.05) is 6.61 Å². The fraction of sp³-hybridized carbons (Fsp3) is 0.600. The fourth-order valence-corrected chi connectivity index (χ4v) is 0.806. The predicted molar refractivity (Wildman–Crippen MR) is 49.5 cm³/mol. The van der Waals surface area contributed by atoms with Crippen molar-refractivity contribution in [3.8, 4) is 0 Å². The van der Waals surface area contributed by atoms with Gasteiger partial charge in [-0.2, -0.15) is 0 Å². The summed E-state index contributed by atoms with van der Waals surface area (Å²) in [4.78, 5) is 0. The van der Waals surface area contributed by atoms with Crippen LogP contribution in [0.15, 0.2) is 24.3 Å². The summed E-state index contributed by atoms with van der Waals surface area (Å²) in [6.07, 6.45) is 8.24. The van der Waals surface area contributed by atoms with Crippen molar-refractivity contribution in [2.45, 2.75) is 32.6 Å². The minimum atomic E-state index is 0.265. The van der Waals surface area contributed by atoms with E-state index in [2.05, 4.69) is 25.7 Å². The van der Waals surface area contributed by atoms with Crippen molar-refractivity contribution in [1.82, 2.24) is 0 Å². The summed E-state index contributed by atoms with van der Waals surface area (Å²) in [7, 11) is 0. The molecule has 0 saturated carbocycles. The molecule has 0 aliphatic carbocycles. The van der Waals surface area contributed by atoms with Gasteiger partial charge in [0.1, 0.15) is 0 Å². The molecule has 0 aromatic carbocycles. The normalized spacial score (nSPS) is 10.7. The lowest BCUT2D eigenvalue weighted by atomic mass is 10.1. The van der Waals surface area contributed by atoms with Gasteiger partial charge in [-0.25, -0.2) is 0 Å². The summed E-state index contributed by atoms with van der Waals surface area (Å²) < 4.78 is 0. The summed E-state index contributed by atoms with van der Waals surface area (Å²) in [5.74, 6) is 0. The zero-order chi connectivity index (χ0) is 8.53. The van der Waals surface area contributed by atoms with Crippen molar-refractivity contribution < 1.29 is 5.11 Å². The SMILES string of the molecule is C=C(/C=C\CCC)CCCO. The van der Waals surface area contributed by atoms with E-state index in [1.165, 1.54) is 6.42 Å². The quantitative estimate of drug-likeness (QED) is 0.583. The molecule has 0 aliphatic heterocycles. The first-order valence-electron chi connectivity index (χ1n) is 4.26. The second kappa shape index (κ2) is 7.55. The van der Waals surface area contributed by atoms with E-state index < -0.39 is 0 Å². The lowest BCUT2D eigenvalue weighted by molar-refractivity contribution is 0.289. The Morgan fingerprint density at radius 1 is 1.55 bits per heavy atom. The number of hydrogen-bond acceptors (Lipinski definition) is 1. The monoisotopic (exact) mass is 154 g/mol. The molecule has 0 bridgehead atoms. The van der Waals surface area contributed by atoms with Gasteiger partial charge >= 0.3 is 0 Å². The highest BCUT2D eigenvalue weighted by Gasteiger charge is 1.87. The van der Waals surface area contributed by atoms with Crippen LogP contribution in [0, 0.1) is 0 Å². The van der Waals surface area contributed by atoms with Gasteiger partial charge in [0.05, 0.1) is 0 Å². The van der Waals surface area contributed by atoms with Crippen LogP contribution in [0.1, 0.15) is 32.6 Å². The summed E-state index contributed by atoms with van der Waals surface area (Å²) in [5.41, 5.74) is 1.12. The Kier molecular flexibility index (Phi) is 7.16. The maximum atomic E-state index is 8.52. The molecule has 0 radical (unpaired) electrons. The van der Waals surface area contributed by atoms with Crippen LogP contribution >= 0.6 is 0 Å². The van der Waals surface area contributed by atoms with Crippen molar-refractivity contribution in [1.29, 1.82) is 0 Å². The smallest absolute Gasteiger partial charge is 0.0434 e. The Balaban J connectivity index is 3.35. The largest absolute Gasteiger partial charge is 0.396 e. The molecule has 0 spiro atoms. The zero-order valence-electron chi connectivity index (χ0n) is 7.34. The molecule has 0 aromatic rings. The van der Waals surface area contributed by atoms with E-state index in [-0.39, 0.29) is 6.61 Å². The average Bonchev–Trinajstić information content (AvgIpc) is 2.01. The Morgan fingerprint density at radius 3 is 2.82 bits per heavy atom. The zero-order valence-corrected chi connectivity index (χ0v) is 7.34. The highest BCUT2D eigenvalue weighted by Crippen LogP contribution is 2.04. The second-order valence-electron chi connectivity index (χ2n) is 2.68. The van der Waals surface area contributed by atoms with Crippen molar-refractivity contribution in [3.63, 3.8) is 0 Å². The van der Waals surface area contributed by atoms with Gasteiger partial charge in [0.25, 0.3) is 0 Å². The second-order valence-corrected chi connectivity index (χ2v) is 2.68. The standard InChI is InChI=1S/C10H18O/c1-3-4-5-7-10(2)8-6-9-11/h5,7,11H,2-4,6,8-9H2,1H3/b7-5-. The van der Waals surface area contributed by atoms with Crippen molar-refractivity contribution in [3.05, 3.63) is 24.3 Å². The predicted octanol–water partition coefficient (Wildman–Crippen LogP) is 2.67. The van der Waals surface area contributed by atoms with Crippen molar-refractivity contribution in [2.24, 2.45) is 0 Å². The third-order valence-electron chi connectivity index (χ3n) is 1.46. The van der Waals surface area contributed by atoms with Gasteiger partial charge in [-0.1, -0.05) is 37.6 Å². The van der Waals surface area contributed by atoms with Gasteiger partial charge in [-0.3, -0.25) is 0 Å². The molecule has 1 N–H and O–H groups in total. The van der Waals surface area contributed by atoms with Gasteiger partial charge in [-0.15, -0.1) is 0 Å². The number of aliphatic hydroxyl groups excluding tert-OH is 1. The lowest BCUT2D eigenvalue weighted by Crippen LogP contribution is -1.83. The highest BCUT2D eigenvalue weighted by atomic mass is 16.2. The number of hydrogen-bond donors (Lipinski definition) is 1. The van der Waals surface area contributed by atoms with Crippen molar-refractivity contribution in [2.75, 3.05) is 6.61 Å².